The molecule has 1 aromatic heterocycles. The topological polar surface area (TPSA) is 93.0 Å². The number of halogens is 2. The number of hydrogen-bond acceptors (Lipinski definition) is 6. The van der Waals surface area contributed by atoms with E-state index < -0.39 is 29.7 Å². The van der Waals surface area contributed by atoms with Crippen LogP contribution in [0, 0.1) is 11.6 Å². The van der Waals surface area contributed by atoms with Gasteiger partial charge in [-0.2, -0.15) is 0 Å². The van der Waals surface area contributed by atoms with Crippen LogP contribution in [0.2, 0.25) is 0 Å². The molecule has 0 radical (unpaired) electrons. The molecule has 9 heteroatoms. The van der Waals surface area contributed by atoms with Crippen molar-refractivity contribution < 1.29 is 32.6 Å². The number of ether oxygens (including phenoxy) is 2. The Balaban J connectivity index is 1.57. The van der Waals surface area contributed by atoms with Gasteiger partial charge in [-0.25, -0.2) is 8.78 Å². The summed E-state index contributed by atoms with van der Waals surface area (Å²) in [6.07, 6.45) is 1.28. The zero-order chi connectivity index (χ0) is 27.9. The first-order valence-corrected chi connectivity index (χ1v) is 12.7. The second-order valence-electron chi connectivity index (χ2n) is 9.26. The first kappa shape index (κ1) is 28.1. The number of hydrogen-bond donors (Lipinski definition) is 3. The Morgan fingerprint density at radius 3 is 2.44 bits per heavy atom. The fourth-order valence-electron chi connectivity index (χ4n) is 4.60. The number of aryl methyl sites for hydroxylation is 1. The third kappa shape index (κ3) is 6.74. The van der Waals surface area contributed by atoms with Gasteiger partial charge in [0.05, 0.1) is 43.6 Å². The molecule has 3 N–H and O–H groups in total. The average molecular weight is 539 g/mol. The smallest absolute Gasteiger partial charge is 0.255 e. The summed E-state index contributed by atoms with van der Waals surface area (Å²) < 4.78 is 44.2. The van der Waals surface area contributed by atoms with E-state index in [0.29, 0.717) is 28.8 Å². The standard InChI is InChI=1S/C30H32F2N2O5/c1-4-18-6-5-7-19(10-18)16-33-17-26(35)25(13-20-11-21(31)14-22(32)12-20)34-30(36)24-15-27(37-2)29-23(8-9-39-29)28(24)38-3/h5-12,14-15,25-26,33,35H,4,13,16-17H2,1-3H3,(H,34,36)/t25-,26+/m0/s1. The molecule has 4 rings (SSSR count). The SMILES string of the molecule is CCc1cccc(CNC[C@@H](O)[C@H](Cc2cc(F)cc(F)c2)NC(=O)c2cc(OC)c3occc3c2OC)c1. The molecule has 1 heterocycles. The number of fused-ring (bicyclic) bond motifs is 1. The maximum atomic E-state index is 13.9. The van der Waals surface area contributed by atoms with Crippen LogP contribution < -0.4 is 20.1 Å². The molecule has 1 amide bonds. The summed E-state index contributed by atoms with van der Waals surface area (Å²) in [4.78, 5) is 13.5. The largest absolute Gasteiger partial charge is 0.495 e. The minimum Gasteiger partial charge on any atom is -0.495 e. The van der Waals surface area contributed by atoms with Crippen molar-refractivity contribution in [1.82, 2.24) is 10.6 Å². The molecule has 2 atom stereocenters. The summed E-state index contributed by atoms with van der Waals surface area (Å²) in [5.74, 6) is -1.42. The Labute approximate surface area is 225 Å². The van der Waals surface area contributed by atoms with Crippen LogP contribution in [-0.4, -0.2) is 43.9 Å². The lowest BCUT2D eigenvalue weighted by Gasteiger charge is -2.25. The molecular formula is C30H32F2N2O5. The summed E-state index contributed by atoms with van der Waals surface area (Å²) in [5.41, 5.74) is 3.14. The molecule has 7 nitrogen and oxygen atoms in total. The summed E-state index contributed by atoms with van der Waals surface area (Å²) in [5, 5.41) is 17.7. The van der Waals surface area contributed by atoms with Crippen molar-refractivity contribution in [2.24, 2.45) is 0 Å². The quantitative estimate of drug-likeness (QED) is 0.240. The Kier molecular flexibility index (Phi) is 9.16. The molecule has 206 valence electrons. The summed E-state index contributed by atoms with van der Waals surface area (Å²) in [6.45, 7) is 2.70. The van der Waals surface area contributed by atoms with E-state index in [-0.39, 0.29) is 24.3 Å². The van der Waals surface area contributed by atoms with Crippen molar-refractivity contribution >= 4 is 16.9 Å². The minimum absolute atomic E-state index is 0.0119. The highest BCUT2D eigenvalue weighted by Crippen LogP contribution is 2.37. The molecule has 3 aromatic carbocycles. The Bertz CT molecular complexity index is 1420. The molecule has 0 saturated heterocycles. The second kappa shape index (κ2) is 12.7. The van der Waals surface area contributed by atoms with Crippen LogP contribution in [0.25, 0.3) is 11.0 Å². The minimum atomic E-state index is -1.08. The van der Waals surface area contributed by atoms with Crippen LogP contribution in [0.15, 0.2) is 65.3 Å². The summed E-state index contributed by atoms with van der Waals surface area (Å²) in [6, 6.07) is 13.5. The van der Waals surface area contributed by atoms with Crippen LogP contribution in [0.3, 0.4) is 0 Å². The Hall–Kier alpha value is -3.95. The first-order chi connectivity index (χ1) is 18.8. The van der Waals surface area contributed by atoms with E-state index in [1.807, 2.05) is 18.2 Å². The maximum absolute atomic E-state index is 13.9. The predicted octanol–water partition coefficient (Wildman–Crippen LogP) is 4.78. The number of rotatable bonds is 12. The molecule has 0 aliphatic heterocycles. The Morgan fingerprint density at radius 2 is 1.74 bits per heavy atom. The van der Waals surface area contributed by atoms with Gasteiger partial charge in [0.25, 0.3) is 5.91 Å². The molecule has 0 spiro atoms. The van der Waals surface area contributed by atoms with Gasteiger partial charge in [0.1, 0.15) is 17.4 Å². The second-order valence-corrected chi connectivity index (χ2v) is 9.26. The highest BCUT2D eigenvalue weighted by molar-refractivity contribution is 6.04. The van der Waals surface area contributed by atoms with Crippen molar-refractivity contribution in [3.63, 3.8) is 0 Å². The zero-order valence-electron chi connectivity index (χ0n) is 22.1. The van der Waals surface area contributed by atoms with Gasteiger partial charge in [-0.15, -0.1) is 0 Å². The number of benzene rings is 3. The van der Waals surface area contributed by atoms with Crippen molar-refractivity contribution in [2.45, 2.75) is 38.5 Å². The van der Waals surface area contributed by atoms with Gasteiger partial charge in [0, 0.05) is 25.2 Å². The number of carbonyl (C=O) groups is 1. The molecule has 0 saturated carbocycles. The summed E-state index contributed by atoms with van der Waals surface area (Å²) >= 11 is 0. The molecule has 0 bridgehead atoms. The van der Waals surface area contributed by atoms with Crippen molar-refractivity contribution in [3.8, 4) is 11.5 Å². The molecule has 4 aromatic rings. The lowest BCUT2D eigenvalue weighted by molar-refractivity contribution is 0.0827. The molecule has 39 heavy (non-hydrogen) atoms. The molecule has 0 unspecified atom stereocenters. The lowest BCUT2D eigenvalue weighted by Crippen LogP contribution is -2.48. The fraction of sp³-hybridized carbons (Fsp3) is 0.300. The van der Waals surface area contributed by atoms with Gasteiger partial charge < -0.3 is 29.6 Å². The van der Waals surface area contributed by atoms with Gasteiger partial charge in [0.15, 0.2) is 11.3 Å². The van der Waals surface area contributed by atoms with Crippen LogP contribution in [0.4, 0.5) is 8.78 Å². The highest BCUT2D eigenvalue weighted by Gasteiger charge is 2.26. The maximum Gasteiger partial charge on any atom is 0.255 e. The number of furan rings is 1. The van der Waals surface area contributed by atoms with E-state index in [1.54, 1.807) is 6.07 Å². The van der Waals surface area contributed by atoms with Gasteiger partial charge in [0.2, 0.25) is 0 Å². The number of methoxy groups -OCH3 is 2. The third-order valence-electron chi connectivity index (χ3n) is 6.56. The van der Waals surface area contributed by atoms with Gasteiger partial charge in [-0.05, 0) is 47.7 Å². The molecule has 0 aliphatic carbocycles. The fourth-order valence-corrected chi connectivity index (χ4v) is 4.60. The number of aliphatic hydroxyl groups excluding tert-OH is 1. The van der Waals surface area contributed by atoms with E-state index in [1.165, 1.54) is 44.2 Å². The van der Waals surface area contributed by atoms with E-state index in [0.717, 1.165) is 18.1 Å². The van der Waals surface area contributed by atoms with E-state index in [4.69, 9.17) is 13.9 Å². The summed E-state index contributed by atoms with van der Waals surface area (Å²) in [7, 11) is 2.89. The Morgan fingerprint density at radius 1 is 1.00 bits per heavy atom. The van der Waals surface area contributed by atoms with Crippen LogP contribution >= 0.6 is 0 Å². The molecule has 0 fully saturated rings. The van der Waals surface area contributed by atoms with Gasteiger partial charge in [-0.1, -0.05) is 31.2 Å². The van der Waals surface area contributed by atoms with Gasteiger partial charge in [-0.3, -0.25) is 4.79 Å². The van der Waals surface area contributed by atoms with Crippen LogP contribution in [0.5, 0.6) is 11.5 Å². The van der Waals surface area contributed by atoms with E-state index in [2.05, 4.69) is 23.6 Å². The van der Waals surface area contributed by atoms with Gasteiger partial charge >= 0.3 is 0 Å². The molecular weight excluding hydrogens is 506 g/mol. The number of nitrogens with one attached hydrogen (secondary N) is 2. The average Bonchev–Trinajstić information content (AvgIpc) is 3.41. The van der Waals surface area contributed by atoms with Crippen molar-refractivity contribution in [2.75, 3.05) is 20.8 Å². The third-order valence-corrected chi connectivity index (χ3v) is 6.56. The monoisotopic (exact) mass is 538 g/mol. The molecule has 0 aliphatic rings. The normalized spacial score (nSPS) is 12.8. The van der Waals surface area contributed by atoms with E-state index in [9.17, 15) is 18.7 Å². The lowest BCUT2D eigenvalue weighted by atomic mass is 9.99. The first-order valence-electron chi connectivity index (χ1n) is 12.7. The van der Waals surface area contributed by atoms with Crippen molar-refractivity contribution in [1.29, 1.82) is 0 Å². The highest BCUT2D eigenvalue weighted by atomic mass is 19.1. The number of amides is 1. The van der Waals surface area contributed by atoms with Crippen LogP contribution in [-0.2, 0) is 19.4 Å². The number of carbonyl (C=O) groups excluding carboxylic acids is 1. The number of aliphatic hydroxyl groups is 1. The van der Waals surface area contributed by atoms with E-state index >= 15 is 0 Å². The zero-order valence-corrected chi connectivity index (χ0v) is 22.1. The van der Waals surface area contributed by atoms with Crippen LogP contribution in [0.1, 0.15) is 34.0 Å². The van der Waals surface area contributed by atoms with Crippen molar-refractivity contribution in [3.05, 3.63) is 94.7 Å². The predicted molar refractivity (Wildman–Crippen MR) is 144 cm³/mol.